The SMILES string of the molecule is Cc1ccc([N+](=O)[O-])cc1NC(=O)C1C2CC3CC(C2)CC1C3. The van der Waals surface area contributed by atoms with E-state index in [1.54, 1.807) is 6.07 Å². The predicted molar refractivity (Wildman–Crippen MR) is 87.0 cm³/mol. The summed E-state index contributed by atoms with van der Waals surface area (Å²) < 4.78 is 0. The van der Waals surface area contributed by atoms with Crippen LogP contribution in [0.4, 0.5) is 11.4 Å². The van der Waals surface area contributed by atoms with E-state index in [1.165, 1.54) is 44.2 Å². The summed E-state index contributed by atoms with van der Waals surface area (Å²) in [5.74, 6) is 2.88. The van der Waals surface area contributed by atoms with Crippen LogP contribution in [0, 0.1) is 46.6 Å². The Morgan fingerprint density at radius 2 is 1.74 bits per heavy atom. The van der Waals surface area contributed by atoms with Crippen LogP contribution < -0.4 is 5.32 Å². The number of nitrogens with zero attached hydrogens (tertiary/aromatic N) is 1. The van der Waals surface area contributed by atoms with Crippen molar-refractivity contribution in [3.63, 3.8) is 0 Å². The molecule has 5 heteroatoms. The first kappa shape index (κ1) is 14.7. The van der Waals surface area contributed by atoms with E-state index in [-0.39, 0.29) is 17.5 Å². The van der Waals surface area contributed by atoms with E-state index in [0.29, 0.717) is 17.5 Å². The third kappa shape index (κ3) is 2.52. The van der Waals surface area contributed by atoms with Crippen molar-refractivity contribution in [1.82, 2.24) is 0 Å². The van der Waals surface area contributed by atoms with Gasteiger partial charge in [-0.1, -0.05) is 6.07 Å². The third-order valence-electron chi connectivity index (χ3n) is 6.22. The van der Waals surface area contributed by atoms with Gasteiger partial charge in [0.15, 0.2) is 0 Å². The summed E-state index contributed by atoms with van der Waals surface area (Å²) in [6, 6.07) is 4.65. The second kappa shape index (κ2) is 5.32. The first-order valence-corrected chi connectivity index (χ1v) is 8.57. The molecule has 5 rings (SSSR count). The Kier molecular flexibility index (Phi) is 3.39. The van der Waals surface area contributed by atoms with Gasteiger partial charge in [-0.15, -0.1) is 0 Å². The van der Waals surface area contributed by atoms with Crippen LogP contribution in [0.25, 0.3) is 0 Å². The highest BCUT2D eigenvalue weighted by molar-refractivity contribution is 5.94. The molecule has 0 atom stereocenters. The molecule has 0 heterocycles. The van der Waals surface area contributed by atoms with E-state index in [1.807, 2.05) is 6.92 Å². The maximum Gasteiger partial charge on any atom is 0.271 e. The molecule has 0 unspecified atom stereocenters. The molecule has 4 saturated carbocycles. The van der Waals surface area contributed by atoms with Crippen LogP contribution in [-0.2, 0) is 4.79 Å². The van der Waals surface area contributed by atoms with Crippen LogP contribution in [0.15, 0.2) is 18.2 Å². The van der Waals surface area contributed by atoms with Gasteiger partial charge in [0.25, 0.3) is 5.69 Å². The van der Waals surface area contributed by atoms with Gasteiger partial charge in [-0.05, 0) is 68.3 Å². The van der Waals surface area contributed by atoms with E-state index in [2.05, 4.69) is 5.32 Å². The Labute approximate surface area is 135 Å². The van der Waals surface area contributed by atoms with Crippen LogP contribution in [0.1, 0.15) is 37.7 Å². The van der Waals surface area contributed by atoms with Crippen LogP contribution in [0.5, 0.6) is 0 Å². The van der Waals surface area contributed by atoms with Crippen molar-refractivity contribution < 1.29 is 9.72 Å². The molecule has 4 fully saturated rings. The number of rotatable bonds is 3. The molecule has 4 bridgehead atoms. The molecule has 0 aromatic heterocycles. The second-order valence-corrected chi connectivity index (χ2v) is 7.70. The lowest BCUT2D eigenvalue weighted by molar-refractivity contribution is -0.384. The Morgan fingerprint density at radius 1 is 1.13 bits per heavy atom. The van der Waals surface area contributed by atoms with Gasteiger partial charge in [0.1, 0.15) is 0 Å². The zero-order valence-corrected chi connectivity index (χ0v) is 13.3. The minimum Gasteiger partial charge on any atom is -0.325 e. The molecule has 1 N–H and O–H groups in total. The molecule has 0 aliphatic heterocycles. The van der Waals surface area contributed by atoms with E-state index < -0.39 is 4.92 Å². The quantitative estimate of drug-likeness (QED) is 0.679. The van der Waals surface area contributed by atoms with Gasteiger partial charge in [0, 0.05) is 18.1 Å². The Hall–Kier alpha value is -1.91. The number of nitrogens with one attached hydrogen (secondary N) is 1. The van der Waals surface area contributed by atoms with Crippen molar-refractivity contribution in [2.75, 3.05) is 5.32 Å². The van der Waals surface area contributed by atoms with Gasteiger partial charge in [-0.2, -0.15) is 0 Å². The number of benzene rings is 1. The summed E-state index contributed by atoms with van der Waals surface area (Å²) >= 11 is 0. The average molecular weight is 314 g/mol. The van der Waals surface area contributed by atoms with Gasteiger partial charge in [0.2, 0.25) is 5.91 Å². The Morgan fingerprint density at radius 3 is 2.30 bits per heavy atom. The van der Waals surface area contributed by atoms with Crippen molar-refractivity contribution in [2.45, 2.75) is 39.0 Å². The topological polar surface area (TPSA) is 72.2 Å². The van der Waals surface area contributed by atoms with Crippen LogP contribution in [-0.4, -0.2) is 10.8 Å². The zero-order chi connectivity index (χ0) is 16.1. The first-order chi connectivity index (χ1) is 11.0. The minimum atomic E-state index is -0.419. The third-order valence-corrected chi connectivity index (χ3v) is 6.22. The Balaban J connectivity index is 1.54. The monoisotopic (exact) mass is 314 g/mol. The number of anilines is 1. The molecular formula is C18H22N2O3. The maximum absolute atomic E-state index is 12.9. The summed E-state index contributed by atoms with van der Waals surface area (Å²) in [5, 5.41) is 13.9. The fourth-order valence-corrected chi connectivity index (χ4v) is 5.43. The van der Waals surface area contributed by atoms with Gasteiger partial charge in [-0.3, -0.25) is 14.9 Å². The van der Waals surface area contributed by atoms with E-state index in [4.69, 9.17) is 0 Å². The smallest absolute Gasteiger partial charge is 0.271 e. The molecule has 0 spiro atoms. The molecule has 23 heavy (non-hydrogen) atoms. The molecule has 1 amide bonds. The number of aryl methyl sites for hydroxylation is 1. The summed E-state index contributed by atoms with van der Waals surface area (Å²) in [6.45, 7) is 1.87. The second-order valence-electron chi connectivity index (χ2n) is 7.70. The van der Waals surface area contributed by atoms with Gasteiger partial charge in [-0.25, -0.2) is 0 Å². The number of carbonyl (C=O) groups excluding carboxylic acids is 1. The highest BCUT2D eigenvalue weighted by Crippen LogP contribution is 2.56. The van der Waals surface area contributed by atoms with E-state index >= 15 is 0 Å². The lowest BCUT2D eigenvalue weighted by Crippen LogP contribution is -2.49. The molecule has 1 aromatic carbocycles. The summed E-state index contributed by atoms with van der Waals surface area (Å²) in [4.78, 5) is 23.4. The molecule has 5 nitrogen and oxygen atoms in total. The van der Waals surface area contributed by atoms with Crippen molar-refractivity contribution in [3.05, 3.63) is 33.9 Å². The standard InChI is InChI=1S/C18H22N2O3/c1-10-2-3-15(20(22)23)9-16(10)19-18(21)17-13-5-11-4-12(7-13)8-14(17)6-11/h2-3,9,11-14,17H,4-8H2,1H3,(H,19,21). The highest BCUT2D eigenvalue weighted by atomic mass is 16.6. The van der Waals surface area contributed by atoms with E-state index in [0.717, 1.165) is 17.4 Å². The number of nitro groups is 1. The largest absolute Gasteiger partial charge is 0.325 e. The van der Waals surface area contributed by atoms with Crippen molar-refractivity contribution >= 4 is 17.3 Å². The zero-order valence-electron chi connectivity index (χ0n) is 13.3. The normalized spacial score (nSPS) is 34.4. The van der Waals surface area contributed by atoms with Crippen LogP contribution in [0.2, 0.25) is 0 Å². The summed E-state index contributed by atoms with van der Waals surface area (Å²) in [7, 11) is 0. The predicted octanol–water partition coefficient (Wildman–Crippen LogP) is 3.91. The van der Waals surface area contributed by atoms with Crippen molar-refractivity contribution in [2.24, 2.45) is 29.6 Å². The molecule has 0 radical (unpaired) electrons. The molecule has 1 aromatic rings. The maximum atomic E-state index is 12.9. The minimum absolute atomic E-state index is 0.0241. The van der Waals surface area contributed by atoms with Gasteiger partial charge >= 0.3 is 0 Å². The lowest BCUT2D eigenvalue weighted by Gasteiger charge is -2.53. The fraction of sp³-hybridized carbons (Fsp3) is 0.611. The average Bonchev–Trinajstić information content (AvgIpc) is 2.48. The number of hydrogen-bond donors (Lipinski definition) is 1. The Bertz CT molecular complexity index is 642. The van der Waals surface area contributed by atoms with Crippen molar-refractivity contribution in [3.8, 4) is 0 Å². The van der Waals surface area contributed by atoms with Crippen LogP contribution >= 0.6 is 0 Å². The number of hydrogen-bond acceptors (Lipinski definition) is 3. The number of non-ortho nitro benzene ring substituents is 1. The van der Waals surface area contributed by atoms with Gasteiger partial charge in [0.05, 0.1) is 10.6 Å². The fourth-order valence-electron chi connectivity index (χ4n) is 5.43. The van der Waals surface area contributed by atoms with Crippen LogP contribution in [0.3, 0.4) is 0 Å². The van der Waals surface area contributed by atoms with Crippen molar-refractivity contribution in [1.29, 1.82) is 0 Å². The molecular weight excluding hydrogens is 292 g/mol. The number of amides is 1. The summed E-state index contributed by atoms with van der Waals surface area (Å²) in [6.07, 6.45) is 6.14. The lowest BCUT2D eigenvalue weighted by atomic mass is 9.51. The van der Waals surface area contributed by atoms with E-state index in [9.17, 15) is 14.9 Å². The number of carbonyl (C=O) groups is 1. The highest BCUT2D eigenvalue weighted by Gasteiger charge is 2.50. The summed E-state index contributed by atoms with van der Waals surface area (Å²) in [5.41, 5.74) is 1.47. The molecule has 4 aliphatic carbocycles. The molecule has 0 saturated heterocycles. The number of nitro benzene ring substituents is 1. The molecule has 122 valence electrons. The first-order valence-electron chi connectivity index (χ1n) is 8.57. The molecule has 4 aliphatic rings. The van der Waals surface area contributed by atoms with Gasteiger partial charge < -0.3 is 5.32 Å².